The molecule has 0 unspecified atom stereocenters. The summed E-state index contributed by atoms with van der Waals surface area (Å²) >= 11 is 0. The smallest absolute Gasteiger partial charge is 0.225 e. The van der Waals surface area contributed by atoms with Gasteiger partial charge in [-0.15, -0.1) is 0 Å². The van der Waals surface area contributed by atoms with Gasteiger partial charge < -0.3 is 4.90 Å². The summed E-state index contributed by atoms with van der Waals surface area (Å²) in [5, 5.41) is 0. The Kier molecular flexibility index (Phi) is 3.23. The van der Waals surface area contributed by atoms with E-state index in [4.69, 9.17) is 0 Å². The summed E-state index contributed by atoms with van der Waals surface area (Å²) in [5.74, 6) is 0.899. The van der Waals surface area contributed by atoms with Crippen molar-refractivity contribution in [2.24, 2.45) is 5.92 Å². The Hall–Kier alpha value is -1.31. The Balaban J connectivity index is 2.19. The molecule has 0 N–H and O–H groups in total. The van der Waals surface area contributed by atoms with E-state index in [0.717, 1.165) is 13.1 Å². The Bertz CT molecular complexity index is 435. The van der Waals surface area contributed by atoms with E-state index in [9.17, 15) is 4.79 Å². The number of carbonyl (C=O) groups excluding carboxylic acids is 1. The Morgan fingerprint density at radius 1 is 1.12 bits per heavy atom. The lowest BCUT2D eigenvalue weighted by Crippen LogP contribution is -2.29. The maximum Gasteiger partial charge on any atom is 0.225 e. The first-order valence-electron chi connectivity index (χ1n) is 6.39. The Morgan fingerprint density at radius 2 is 1.76 bits per heavy atom. The van der Waals surface area contributed by atoms with Crippen LogP contribution in [-0.2, 0) is 17.9 Å². The first-order valence-corrected chi connectivity index (χ1v) is 6.39. The molecule has 1 aliphatic heterocycles. The van der Waals surface area contributed by atoms with Crippen molar-refractivity contribution in [3.63, 3.8) is 0 Å². The monoisotopic (exact) mass is 231 g/mol. The van der Waals surface area contributed by atoms with Crippen molar-refractivity contribution >= 4 is 5.91 Å². The fraction of sp³-hybridized carbons (Fsp3) is 0.533. The Labute approximate surface area is 104 Å². The van der Waals surface area contributed by atoms with Crippen LogP contribution in [0.1, 0.15) is 50.3 Å². The molecule has 2 nitrogen and oxygen atoms in total. The number of nitrogens with zero attached hydrogens (tertiary/aromatic N) is 1. The van der Waals surface area contributed by atoms with Crippen LogP contribution in [0.15, 0.2) is 18.2 Å². The van der Waals surface area contributed by atoms with Gasteiger partial charge in [-0.05, 0) is 22.6 Å². The predicted octanol–water partition coefficient (Wildman–Crippen LogP) is 3.31. The van der Waals surface area contributed by atoms with E-state index in [1.165, 1.54) is 16.7 Å². The van der Waals surface area contributed by atoms with Crippen molar-refractivity contribution in [1.82, 2.24) is 4.90 Å². The van der Waals surface area contributed by atoms with Gasteiger partial charge in [0.15, 0.2) is 0 Å². The molecule has 0 radical (unpaired) electrons. The molecule has 1 heterocycles. The Morgan fingerprint density at radius 3 is 2.35 bits per heavy atom. The SMILES string of the molecule is CC(C)C(=O)N1Cc2ccc(C(C)C)cc2C1. The van der Waals surface area contributed by atoms with Crippen molar-refractivity contribution in [3.8, 4) is 0 Å². The number of carbonyl (C=O) groups is 1. The molecular formula is C15H21NO. The molecule has 0 fully saturated rings. The lowest BCUT2D eigenvalue weighted by Gasteiger charge is -2.17. The average molecular weight is 231 g/mol. The third-order valence-corrected chi connectivity index (χ3v) is 3.42. The van der Waals surface area contributed by atoms with Gasteiger partial charge in [-0.2, -0.15) is 0 Å². The third kappa shape index (κ3) is 2.36. The third-order valence-electron chi connectivity index (χ3n) is 3.42. The van der Waals surface area contributed by atoms with Crippen molar-refractivity contribution in [2.45, 2.75) is 46.7 Å². The molecule has 0 atom stereocenters. The van der Waals surface area contributed by atoms with Crippen LogP contribution in [0.25, 0.3) is 0 Å². The second-order valence-electron chi connectivity index (χ2n) is 5.53. The number of rotatable bonds is 2. The lowest BCUT2D eigenvalue weighted by molar-refractivity contribution is -0.135. The van der Waals surface area contributed by atoms with E-state index in [1.54, 1.807) is 0 Å². The molecule has 0 saturated heterocycles. The molecule has 1 aromatic carbocycles. The molecule has 2 heteroatoms. The molecule has 0 saturated carbocycles. The highest BCUT2D eigenvalue weighted by Crippen LogP contribution is 2.27. The van der Waals surface area contributed by atoms with Crippen LogP contribution in [0.3, 0.4) is 0 Å². The van der Waals surface area contributed by atoms with Gasteiger partial charge in [-0.25, -0.2) is 0 Å². The number of benzene rings is 1. The molecule has 1 aliphatic rings. The van der Waals surface area contributed by atoms with Crippen molar-refractivity contribution in [3.05, 3.63) is 34.9 Å². The zero-order valence-corrected chi connectivity index (χ0v) is 11.2. The number of hydrogen-bond donors (Lipinski definition) is 0. The summed E-state index contributed by atoms with van der Waals surface area (Å²) in [5.41, 5.74) is 4.00. The summed E-state index contributed by atoms with van der Waals surface area (Å²) in [6.07, 6.45) is 0. The van der Waals surface area contributed by atoms with Crippen molar-refractivity contribution in [1.29, 1.82) is 0 Å². The maximum atomic E-state index is 12.0. The standard InChI is InChI=1S/C15H21NO/c1-10(2)12-5-6-13-8-16(9-14(13)7-12)15(17)11(3)4/h5-7,10-11H,8-9H2,1-4H3. The van der Waals surface area contributed by atoms with Gasteiger partial charge in [-0.1, -0.05) is 45.9 Å². The van der Waals surface area contributed by atoms with Gasteiger partial charge >= 0.3 is 0 Å². The topological polar surface area (TPSA) is 20.3 Å². The molecule has 1 aromatic rings. The average Bonchev–Trinajstić information content (AvgIpc) is 2.69. The first kappa shape index (κ1) is 12.2. The van der Waals surface area contributed by atoms with Gasteiger partial charge in [0.2, 0.25) is 5.91 Å². The summed E-state index contributed by atoms with van der Waals surface area (Å²) in [6.45, 7) is 9.90. The van der Waals surface area contributed by atoms with Crippen LogP contribution in [0.2, 0.25) is 0 Å². The van der Waals surface area contributed by atoms with Gasteiger partial charge in [-0.3, -0.25) is 4.79 Å². The van der Waals surface area contributed by atoms with E-state index in [-0.39, 0.29) is 11.8 Å². The lowest BCUT2D eigenvalue weighted by atomic mass is 9.99. The minimum atomic E-state index is 0.0916. The van der Waals surface area contributed by atoms with Gasteiger partial charge in [0.1, 0.15) is 0 Å². The molecule has 17 heavy (non-hydrogen) atoms. The summed E-state index contributed by atoms with van der Waals surface area (Å²) in [4.78, 5) is 13.9. The van der Waals surface area contributed by atoms with Crippen LogP contribution in [0.5, 0.6) is 0 Å². The normalized spacial score (nSPS) is 14.6. The highest BCUT2D eigenvalue weighted by Gasteiger charge is 2.25. The molecular weight excluding hydrogens is 210 g/mol. The highest BCUT2D eigenvalue weighted by atomic mass is 16.2. The molecule has 0 spiro atoms. The van der Waals surface area contributed by atoms with E-state index in [1.807, 2.05) is 18.7 Å². The summed E-state index contributed by atoms with van der Waals surface area (Å²) in [6, 6.07) is 6.62. The predicted molar refractivity (Wildman–Crippen MR) is 69.6 cm³/mol. The fourth-order valence-corrected chi connectivity index (χ4v) is 2.29. The van der Waals surface area contributed by atoms with E-state index in [2.05, 4.69) is 32.0 Å². The van der Waals surface area contributed by atoms with Crippen LogP contribution < -0.4 is 0 Å². The molecule has 0 bridgehead atoms. The minimum absolute atomic E-state index is 0.0916. The molecule has 1 amide bonds. The first-order chi connectivity index (χ1) is 7.99. The molecule has 0 aromatic heterocycles. The van der Waals surface area contributed by atoms with Crippen molar-refractivity contribution in [2.75, 3.05) is 0 Å². The van der Waals surface area contributed by atoms with E-state index >= 15 is 0 Å². The number of hydrogen-bond acceptors (Lipinski definition) is 1. The summed E-state index contributed by atoms with van der Waals surface area (Å²) in [7, 11) is 0. The van der Waals surface area contributed by atoms with Gasteiger partial charge in [0, 0.05) is 19.0 Å². The zero-order chi connectivity index (χ0) is 12.6. The van der Waals surface area contributed by atoms with Crippen LogP contribution in [0.4, 0.5) is 0 Å². The second kappa shape index (κ2) is 4.52. The van der Waals surface area contributed by atoms with Gasteiger partial charge in [0.25, 0.3) is 0 Å². The van der Waals surface area contributed by atoms with Crippen LogP contribution >= 0.6 is 0 Å². The second-order valence-corrected chi connectivity index (χ2v) is 5.53. The number of amides is 1. The molecule has 0 aliphatic carbocycles. The summed E-state index contributed by atoms with van der Waals surface area (Å²) < 4.78 is 0. The fourth-order valence-electron chi connectivity index (χ4n) is 2.29. The van der Waals surface area contributed by atoms with Gasteiger partial charge in [0.05, 0.1) is 0 Å². The van der Waals surface area contributed by atoms with E-state index in [0.29, 0.717) is 5.92 Å². The zero-order valence-electron chi connectivity index (χ0n) is 11.2. The number of fused-ring (bicyclic) bond motifs is 1. The van der Waals surface area contributed by atoms with Crippen molar-refractivity contribution < 1.29 is 4.79 Å². The molecule has 92 valence electrons. The minimum Gasteiger partial charge on any atom is -0.334 e. The maximum absolute atomic E-state index is 12.0. The van der Waals surface area contributed by atoms with E-state index < -0.39 is 0 Å². The van der Waals surface area contributed by atoms with Crippen LogP contribution in [-0.4, -0.2) is 10.8 Å². The van der Waals surface area contributed by atoms with Crippen LogP contribution in [0, 0.1) is 5.92 Å². The quantitative estimate of drug-likeness (QED) is 0.764. The molecule has 2 rings (SSSR count). The largest absolute Gasteiger partial charge is 0.334 e. The highest BCUT2D eigenvalue weighted by molar-refractivity contribution is 5.78.